The highest BCUT2D eigenvalue weighted by Crippen LogP contribution is 2.28. The second-order valence-electron chi connectivity index (χ2n) is 11.0. The van der Waals surface area contributed by atoms with E-state index in [0.717, 1.165) is 51.4 Å². The lowest BCUT2D eigenvalue weighted by atomic mass is 9.76. The summed E-state index contributed by atoms with van der Waals surface area (Å²) in [5, 5.41) is 41.4. The van der Waals surface area contributed by atoms with Crippen LogP contribution in [0.2, 0.25) is 0 Å². The average molecular weight is 529 g/mol. The summed E-state index contributed by atoms with van der Waals surface area (Å²) in [7, 11) is 0. The standard InChI is InChI=1S/C31H60O6/c1-4-7-10-11-12-13-14-15-16-17-20-21-25(26(33)22-18-8-5-2)30(36)29(31(37)28(35)24-32)27(34)23-19-9-6-3/h25,28-32,35-37H,4-24H2,1-3H3. The Balaban J connectivity index is 5.08. The van der Waals surface area contributed by atoms with Crippen LogP contribution in [0.1, 0.15) is 149 Å². The van der Waals surface area contributed by atoms with E-state index in [4.69, 9.17) is 0 Å². The number of rotatable bonds is 27. The highest BCUT2D eigenvalue weighted by atomic mass is 16.4. The second kappa shape index (κ2) is 24.2. The van der Waals surface area contributed by atoms with E-state index >= 15 is 0 Å². The maximum absolute atomic E-state index is 13.2. The number of hydrogen-bond acceptors (Lipinski definition) is 6. The Labute approximate surface area is 227 Å². The minimum absolute atomic E-state index is 0.0647. The van der Waals surface area contributed by atoms with Crippen molar-refractivity contribution < 1.29 is 30.0 Å². The number of aliphatic hydroxyl groups excluding tert-OH is 4. The lowest BCUT2D eigenvalue weighted by Crippen LogP contribution is -2.49. The molecule has 0 heterocycles. The van der Waals surface area contributed by atoms with E-state index < -0.39 is 36.8 Å². The third kappa shape index (κ3) is 16.7. The first-order valence-corrected chi connectivity index (χ1v) is 15.6. The van der Waals surface area contributed by atoms with E-state index in [1.807, 2.05) is 6.92 Å². The number of hydrogen-bond donors (Lipinski definition) is 4. The monoisotopic (exact) mass is 528 g/mol. The lowest BCUT2D eigenvalue weighted by Gasteiger charge is -2.33. The number of carbonyl (C=O) groups is 2. The zero-order chi connectivity index (χ0) is 27.9. The van der Waals surface area contributed by atoms with Crippen molar-refractivity contribution in [2.24, 2.45) is 11.8 Å². The summed E-state index contributed by atoms with van der Waals surface area (Å²) in [5.74, 6) is -2.42. The molecule has 6 heteroatoms. The molecule has 0 aromatic rings. The molecule has 0 aromatic heterocycles. The minimum atomic E-state index is -1.60. The third-order valence-electron chi connectivity index (χ3n) is 7.69. The van der Waals surface area contributed by atoms with Gasteiger partial charge in [-0.3, -0.25) is 9.59 Å². The first kappa shape index (κ1) is 36.2. The Morgan fingerprint density at radius 2 is 0.946 bits per heavy atom. The summed E-state index contributed by atoms with van der Waals surface area (Å²) in [4.78, 5) is 26.2. The van der Waals surface area contributed by atoms with Gasteiger partial charge in [-0.15, -0.1) is 0 Å². The smallest absolute Gasteiger partial charge is 0.141 e. The van der Waals surface area contributed by atoms with Gasteiger partial charge in [-0.05, 0) is 19.3 Å². The SMILES string of the molecule is CCCCCCCCCCCCCC(C(=O)CCCCC)C(O)C(C(=O)CCCCC)C(O)C(O)CO. The Morgan fingerprint density at radius 1 is 0.541 bits per heavy atom. The molecule has 37 heavy (non-hydrogen) atoms. The molecule has 0 spiro atoms. The molecular weight excluding hydrogens is 468 g/mol. The van der Waals surface area contributed by atoms with Crippen LogP contribution >= 0.6 is 0 Å². The van der Waals surface area contributed by atoms with Crippen LogP contribution < -0.4 is 0 Å². The molecule has 0 amide bonds. The zero-order valence-corrected chi connectivity index (χ0v) is 24.3. The van der Waals surface area contributed by atoms with Gasteiger partial charge in [0, 0.05) is 18.8 Å². The van der Waals surface area contributed by atoms with Gasteiger partial charge in [0.2, 0.25) is 0 Å². The number of aliphatic hydroxyl groups is 4. The highest BCUT2D eigenvalue weighted by molar-refractivity contribution is 5.85. The Hall–Kier alpha value is -0.820. The molecule has 220 valence electrons. The van der Waals surface area contributed by atoms with Crippen molar-refractivity contribution in [1.29, 1.82) is 0 Å². The van der Waals surface area contributed by atoms with Crippen molar-refractivity contribution >= 4 is 11.6 Å². The molecule has 0 aliphatic rings. The number of ketones is 2. The molecular formula is C31H60O6. The predicted octanol–water partition coefficient (Wildman–Crippen LogP) is 6.29. The van der Waals surface area contributed by atoms with Crippen LogP contribution in [0.15, 0.2) is 0 Å². The number of unbranched alkanes of at least 4 members (excludes halogenated alkanes) is 14. The maximum Gasteiger partial charge on any atom is 0.141 e. The van der Waals surface area contributed by atoms with Gasteiger partial charge in [-0.25, -0.2) is 0 Å². The van der Waals surface area contributed by atoms with Crippen LogP contribution in [0.4, 0.5) is 0 Å². The Bertz CT molecular complexity index is 552. The van der Waals surface area contributed by atoms with Crippen LogP contribution in [0, 0.1) is 11.8 Å². The first-order chi connectivity index (χ1) is 17.8. The lowest BCUT2D eigenvalue weighted by molar-refractivity contribution is -0.146. The van der Waals surface area contributed by atoms with Crippen molar-refractivity contribution in [2.45, 2.75) is 167 Å². The molecule has 0 aromatic carbocycles. The van der Waals surface area contributed by atoms with Crippen molar-refractivity contribution in [3.8, 4) is 0 Å². The molecule has 0 saturated carbocycles. The largest absolute Gasteiger partial charge is 0.394 e. The zero-order valence-electron chi connectivity index (χ0n) is 24.3. The number of Topliss-reactive ketones (excluding diaryl/α,β-unsaturated/α-hetero) is 2. The molecule has 5 atom stereocenters. The topological polar surface area (TPSA) is 115 Å². The normalized spacial score (nSPS) is 15.8. The summed E-state index contributed by atoms with van der Waals surface area (Å²) in [5.41, 5.74) is 0. The Kier molecular flexibility index (Phi) is 23.7. The molecule has 0 saturated heterocycles. The molecule has 0 fully saturated rings. The fraction of sp³-hybridized carbons (Fsp3) is 0.935. The molecule has 0 rings (SSSR count). The molecule has 6 nitrogen and oxygen atoms in total. The van der Waals surface area contributed by atoms with Gasteiger partial charge >= 0.3 is 0 Å². The summed E-state index contributed by atoms with van der Waals surface area (Å²) >= 11 is 0. The molecule has 0 aliphatic carbocycles. The van der Waals surface area contributed by atoms with E-state index in [2.05, 4.69) is 13.8 Å². The van der Waals surface area contributed by atoms with Crippen LogP contribution in [-0.2, 0) is 9.59 Å². The van der Waals surface area contributed by atoms with Crippen LogP contribution in [0.5, 0.6) is 0 Å². The van der Waals surface area contributed by atoms with E-state index in [1.165, 1.54) is 51.4 Å². The molecule has 0 aliphatic heterocycles. The van der Waals surface area contributed by atoms with Gasteiger partial charge in [0.15, 0.2) is 0 Å². The second-order valence-corrected chi connectivity index (χ2v) is 11.0. The molecule has 0 radical (unpaired) electrons. The third-order valence-corrected chi connectivity index (χ3v) is 7.69. The summed E-state index contributed by atoms with van der Waals surface area (Å²) in [6, 6.07) is 0. The molecule has 4 N–H and O–H groups in total. The fourth-order valence-corrected chi connectivity index (χ4v) is 5.18. The maximum atomic E-state index is 13.2. The summed E-state index contributed by atoms with van der Waals surface area (Å²) < 4.78 is 0. The van der Waals surface area contributed by atoms with Crippen molar-refractivity contribution in [1.82, 2.24) is 0 Å². The summed E-state index contributed by atoms with van der Waals surface area (Å²) in [6.45, 7) is 5.62. The van der Waals surface area contributed by atoms with Crippen molar-refractivity contribution in [2.75, 3.05) is 6.61 Å². The average Bonchev–Trinajstić information content (AvgIpc) is 2.89. The van der Waals surface area contributed by atoms with Crippen LogP contribution in [0.3, 0.4) is 0 Å². The highest BCUT2D eigenvalue weighted by Gasteiger charge is 2.42. The van der Waals surface area contributed by atoms with E-state index in [1.54, 1.807) is 0 Å². The van der Waals surface area contributed by atoms with Crippen LogP contribution in [-0.4, -0.2) is 56.9 Å². The quantitative estimate of drug-likeness (QED) is 0.0931. The van der Waals surface area contributed by atoms with Gasteiger partial charge in [0.25, 0.3) is 0 Å². The van der Waals surface area contributed by atoms with Gasteiger partial charge in [-0.2, -0.15) is 0 Å². The van der Waals surface area contributed by atoms with E-state index in [0.29, 0.717) is 19.3 Å². The van der Waals surface area contributed by atoms with Gasteiger partial charge in [0.1, 0.15) is 17.7 Å². The van der Waals surface area contributed by atoms with E-state index in [-0.39, 0.29) is 18.0 Å². The van der Waals surface area contributed by atoms with Gasteiger partial charge < -0.3 is 20.4 Å². The van der Waals surface area contributed by atoms with Gasteiger partial charge in [0.05, 0.1) is 24.7 Å². The van der Waals surface area contributed by atoms with Crippen LogP contribution in [0.25, 0.3) is 0 Å². The first-order valence-electron chi connectivity index (χ1n) is 15.6. The molecule has 0 bridgehead atoms. The number of carbonyl (C=O) groups excluding carboxylic acids is 2. The Morgan fingerprint density at radius 3 is 1.41 bits per heavy atom. The predicted molar refractivity (Wildman–Crippen MR) is 151 cm³/mol. The van der Waals surface area contributed by atoms with E-state index in [9.17, 15) is 30.0 Å². The fourth-order valence-electron chi connectivity index (χ4n) is 5.18. The molecule has 5 unspecified atom stereocenters. The minimum Gasteiger partial charge on any atom is -0.394 e. The van der Waals surface area contributed by atoms with Gasteiger partial charge in [-0.1, -0.05) is 117 Å². The van der Waals surface area contributed by atoms with Crippen molar-refractivity contribution in [3.05, 3.63) is 0 Å². The van der Waals surface area contributed by atoms with Crippen molar-refractivity contribution in [3.63, 3.8) is 0 Å². The summed E-state index contributed by atoms with van der Waals surface area (Å²) in [6.07, 6.45) is 14.7.